The fourth-order valence-electron chi connectivity index (χ4n) is 5.43. The van der Waals surface area contributed by atoms with Gasteiger partial charge in [0.1, 0.15) is 6.10 Å². The zero-order valence-corrected chi connectivity index (χ0v) is 16.4. The van der Waals surface area contributed by atoms with E-state index in [1.54, 1.807) is 0 Å². The van der Waals surface area contributed by atoms with Crippen LogP contribution in [-0.4, -0.2) is 48.2 Å². The van der Waals surface area contributed by atoms with E-state index in [-0.39, 0.29) is 23.0 Å². The number of hydrogen-bond donors (Lipinski definition) is 0. The fraction of sp³-hybridized carbons (Fsp3) is 0.682. The molecule has 3 aliphatic rings. The first kappa shape index (κ1) is 17.8. The lowest BCUT2D eigenvalue weighted by atomic mass is 9.70. The summed E-state index contributed by atoms with van der Waals surface area (Å²) in [5.41, 5.74) is 1.76. The van der Waals surface area contributed by atoms with Crippen molar-refractivity contribution in [3.05, 3.63) is 35.9 Å². The average molecular weight is 357 g/mol. The van der Waals surface area contributed by atoms with Gasteiger partial charge in [0.2, 0.25) is 0 Å². The van der Waals surface area contributed by atoms with Gasteiger partial charge in [0, 0.05) is 38.1 Å². The van der Waals surface area contributed by atoms with E-state index in [1.165, 1.54) is 18.4 Å². The molecule has 0 N–H and O–H groups in total. The summed E-state index contributed by atoms with van der Waals surface area (Å²) >= 11 is 0. The van der Waals surface area contributed by atoms with Gasteiger partial charge >= 0.3 is 6.09 Å². The summed E-state index contributed by atoms with van der Waals surface area (Å²) in [6.07, 6.45) is 3.51. The van der Waals surface area contributed by atoms with E-state index in [2.05, 4.69) is 56.0 Å². The van der Waals surface area contributed by atoms with Crippen molar-refractivity contribution in [2.45, 2.75) is 52.7 Å². The van der Waals surface area contributed by atoms with Gasteiger partial charge in [-0.05, 0) is 36.2 Å². The molecule has 0 radical (unpaired) electrons. The first-order valence-electron chi connectivity index (χ1n) is 10.1. The smallest absolute Gasteiger partial charge is 0.410 e. The molecule has 1 saturated heterocycles. The van der Waals surface area contributed by atoms with Gasteiger partial charge in [-0.1, -0.05) is 51.1 Å². The van der Waals surface area contributed by atoms with E-state index >= 15 is 0 Å². The van der Waals surface area contributed by atoms with Crippen molar-refractivity contribution in [3.63, 3.8) is 0 Å². The Morgan fingerprint density at radius 1 is 1.12 bits per heavy atom. The van der Waals surface area contributed by atoms with Crippen LogP contribution in [0.15, 0.2) is 30.3 Å². The molecule has 4 nitrogen and oxygen atoms in total. The number of hydrogen-bond acceptors (Lipinski definition) is 3. The fourth-order valence-corrected chi connectivity index (χ4v) is 5.43. The zero-order valence-electron chi connectivity index (χ0n) is 16.4. The van der Waals surface area contributed by atoms with Crippen LogP contribution in [0.5, 0.6) is 0 Å². The summed E-state index contributed by atoms with van der Waals surface area (Å²) in [5, 5.41) is 0. The lowest BCUT2D eigenvalue weighted by Crippen LogP contribution is -2.50. The van der Waals surface area contributed by atoms with Crippen molar-refractivity contribution in [2.24, 2.45) is 16.7 Å². The highest BCUT2D eigenvalue weighted by Crippen LogP contribution is 2.66. The van der Waals surface area contributed by atoms with Gasteiger partial charge in [-0.25, -0.2) is 4.79 Å². The summed E-state index contributed by atoms with van der Waals surface area (Å²) in [6.45, 7) is 11.4. The number of ether oxygens (including phenoxy) is 1. The van der Waals surface area contributed by atoms with Crippen LogP contribution in [0.3, 0.4) is 0 Å². The minimum absolute atomic E-state index is 0.0890. The minimum atomic E-state index is -0.0982. The molecule has 4 rings (SSSR count). The van der Waals surface area contributed by atoms with Gasteiger partial charge in [-0.2, -0.15) is 0 Å². The largest absolute Gasteiger partial charge is 0.445 e. The molecule has 1 aliphatic heterocycles. The first-order valence-corrected chi connectivity index (χ1v) is 10.1. The maximum absolute atomic E-state index is 12.7. The van der Waals surface area contributed by atoms with Crippen molar-refractivity contribution < 1.29 is 9.53 Å². The number of fused-ring (bicyclic) bond motifs is 2. The van der Waals surface area contributed by atoms with Crippen LogP contribution in [0.4, 0.5) is 4.79 Å². The summed E-state index contributed by atoms with van der Waals surface area (Å²) in [7, 11) is 0. The van der Waals surface area contributed by atoms with Crippen molar-refractivity contribution in [2.75, 3.05) is 26.2 Å². The molecule has 3 atom stereocenters. The number of nitrogens with zero attached hydrogens (tertiary/aromatic N) is 2. The molecule has 1 aromatic carbocycles. The molecule has 2 aliphatic carbocycles. The number of benzene rings is 1. The molecule has 1 heterocycles. The summed E-state index contributed by atoms with van der Waals surface area (Å²) < 4.78 is 6.05. The molecule has 3 unspecified atom stereocenters. The van der Waals surface area contributed by atoms with Gasteiger partial charge in [0.25, 0.3) is 0 Å². The molecule has 1 aromatic rings. The second-order valence-corrected chi connectivity index (χ2v) is 9.23. The van der Waals surface area contributed by atoms with Crippen LogP contribution in [0.1, 0.15) is 45.6 Å². The molecule has 142 valence electrons. The van der Waals surface area contributed by atoms with Crippen molar-refractivity contribution in [1.82, 2.24) is 9.80 Å². The van der Waals surface area contributed by atoms with Gasteiger partial charge in [0.15, 0.2) is 0 Å². The molecule has 26 heavy (non-hydrogen) atoms. The van der Waals surface area contributed by atoms with E-state index in [0.29, 0.717) is 5.92 Å². The van der Waals surface area contributed by atoms with E-state index in [4.69, 9.17) is 4.74 Å². The number of piperazine rings is 1. The lowest BCUT2D eigenvalue weighted by molar-refractivity contribution is -0.0237. The van der Waals surface area contributed by atoms with Crippen LogP contribution in [0.2, 0.25) is 0 Å². The van der Waals surface area contributed by atoms with Gasteiger partial charge in [-0.3, -0.25) is 4.90 Å². The Hall–Kier alpha value is -1.55. The van der Waals surface area contributed by atoms with Crippen LogP contribution in [-0.2, 0) is 11.3 Å². The maximum atomic E-state index is 12.7. The zero-order chi connectivity index (χ0) is 18.4. The Balaban J connectivity index is 1.29. The predicted octanol–water partition coefficient (Wildman–Crippen LogP) is 4.16. The van der Waals surface area contributed by atoms with Crippen LogP contribution in [0.25, 0.3) is 0 Å². The minimum Gasteiger partial charge on any atom is -0.445 e. The third kappa shape index (κ3) is 2.92. The highest BCUT2D eigenvalue weighted by atomic mass is 16.6. The summed E-state index contributed by atoms with van der Waals surface area (Å²) in [5.74, 6) is 0.702. The number of carbonyl (C=O) groups excluding carboxylic acids is 1. The van der Waals surface area contributed by atoms with Crippen molar-refractivity contribution >= 4 is 6.09 Å². The molecule has 2 bridgehead atoms. The molecule has 4 heteroatoms. The molecular formula is C22H32N2O2. The van der Waals surface area contributed by atoms with Crippen molar-refractivity contribution in [3.8, 4) is 0 Å². The molecule has 0 aromatic heterocycles. The van der Waals surface area contributed by atoms with E-state index in [1.807, 2.05) is 4.90 Å². The second-order valence-electron chi connectivity index (χ2n) is 9.23. The topological polar surface area (TPSA) is 32.8 Å². The lowest BCUT2D eigenvalue weighted by Gasteiger charge is -2.40. The third-order valence-electron chi connectivity index (χ3n) is 7.84. The highest BCUT2D eigenvalue weighted by molar-refractivity contribution is 5.68. The van der Waals surface area contributed by atoms with Gasteiger partial charge < -0.3 is 9.64 Å². The Kier molecular flexibility index (Phi) is 4.50. The summed E-state index contributed by atoms with van der Waals surface area (Å²) in [4.78, 5) is 17.1. The monoisotopic (exact) mass is 356 g/mol. The average Bonchev–Trinajstić information content (AvgIpc) is 2.97. The van der Waals surface area contributed by atoms with Crippen LogP contribution in [0, 0.1) is 16.7 Å². The van der Waals surface area contributed by atoms with E-state index < -0.39 is 0 Å². The Bertz CT molecular complexity index is 651. The molecule has 3 fully saturated rings. The normalized spacial score (nSPS) is 33.4. The third-order valence-corrected chi connectivity index (χ3v) is 7.84. The SMILES string of the molecule is CC1(C)C2CCC1(C)C(OC(=O)N1CCN(Cc3ccccc3)CC1)C2. The number of rotatable bonds is 3. The van der Waals surface area contributed by atoms with Crippen LogP contribution < -0.4 is 0 Å². The van der Waals surface area contributed by atoms with E-state index in [0.717, 1.165) is 39.1 Å². The van der Waals surface area contributed by atoms with Gasteiger partial charge in [-0.15, -0.1) is 0 Å². The van der Waals surface area contributed by atoms with Gasteiger partial charge in [0.05, 0.1) is 0 Å². The molecule has 2 saturated carbocycles. The van der Waals surface area contributed by atoms with Crippen LogP contribution >= 0.6 is 0 Å². The Labute approximate surface area is 157 Å². The second kappa shape index (κ2) is 6.56. The maximum Gasteiger partial charge on any atom is 0.410 e. The Morgan fingerprint density at radius 2 is 1.81 bits per heavy atom. The predicted molar refractivity (Wildman–Crippen MR) is 103 cm³/mol. The molecule has 0 spiro atoms. The number of amides is 1. The standard InChI is InChI=1S/C22H32N2O2/c1-21(2)18-9-10-22(21,3)19(15-18)26-20(25)24-13-11-23(12-14-24)16-17-7-5-4-6-8-17/h4-8,18-19H,9-16H2,1-3H3. The highest BCUT2D eigenvalue weighted by Gasteiger charge is 2.63. The number of carbonyl (C=O) groups is 1. The van der Waals surface area contributed by atoms with E-state index in [9.17, 15) is 4.79 Å². The summed E-state index contributed by atoms with van der Waals surface area (Å²) in [6, 6.07) is 10.5. The first-order chi connectivity index (χ1) is 12.4. The quantitative estimate of drug-likeness (QED) is 0.815. The molecular weight excluding hydrogens is 324 g/mol. The van der Waals surface area contributed by atoms with Crippen molar-refractivity contribution in [1.29, 1.82) is 0 Å². The molecule has 1 amide bonds. The Morgan fingerprint density at radius 3 is 2.38 bits per heavy atom.